The summed E-state index contributed by atoms with van der Waals surface area (Å²) in [6.45, 7) is 4.58. The molecule has 0 atom stereocenters. The Morgan fingerprint density at radius 2 is 2.04 bits per heavy atom. The Morgan fingerprint density at radius 3 is 2.81 bits per heavy atom. The van der Waals surface area contributed by atoms with E-state index in [2.05, 4.69) is 47.3 Å². The molecule has 0 bridgehead atoms. The number of hydrogen-bond donors (Lipinski definition) is 1. The lowest BCUT2D eigenvalue weighted by atomic mass is 10.1. The number of thiazole rings is 1. The van der Waals surface area contributed by atoms with Crippen molar-refractivity contribution in [1.29, 1.82) is 0 Å². The minimum atomic E-state index is -0.0358. The summed E-state index contributed by atoms with van der Waals surface area (Å²) in [6, 6.07) is 6.37. The first-order chi connectivity index (χ1) is 13.1. The number of amides is 1. The quantitative estimate of drug-likeness (QED) is 0.505. The Hall–Kier alpha value is -2.58. The number of imidazole rings is 2. The number of carbonyl (C=O) groups excluding carboxylic acids is 1. The van der Waals surface area contributed by atoms with E-state index in [-0.39, 0.29) is 5.91 Å². The van der Waals surface area contributed by atoms with Gasteiger partial charge < -0.3 is 5.32 Å². The zero-order chi connectivity index (χ0) is 18.8. The average molecular weight is 398 g/mol. The number of rotatable bonds is 6. The molecule has 1 N–H and O–H groups in total. The second kappa shape index (κ2) is 7.58. The summed E-state index contributed by atoms with van der Waals surface area (Å²) in [5, 5.41) is 5.71. The predicted molar refractivity (Wildman–Crippen MR) is 109 cm³/mol. The van der Waals surface area contributed by atoms with Crippen LogP contribution in [0.25, 0.3) is 10.6 Å². The molecule has 27 heavy (non-hydrogen) atoms. The molecule has 4 rings (SSSR count). The first kappa shape index (κ1) is 17.8. The van der Waals surface area contributed by atoms with Gasteiger partial charge in [0.15, 0.2) is 10.1 Å². The van der Waals surface area contributed by atoms with Crippen LogP contribution in [0.3, 0.4) is 0 Å². The van der Waals surface area contributed by atoms with Crippen molar-refractivity contribution in [3.05, 3.63) is 65.2 Å². The highest BCUT2D eigenvalue weighted by molar-refractivity contribution is 7.99. The van der Waals surface area contributed by atoms with Crippen LogP contribution in [0.4, 0.5) is 0 Å². The van der Waals surface area contributed by atoms with Gasteiger partial charge in [0, 0.05) is 35.9 Å². The van der Waals surface area contributed by atoms with E-state index >= 15 is 0 Å². The maximum atomic E-state index is 12.2. The summed E-state index contributed by atoms with van der Waals surface area (Å²) in [7, 11) is 0. The number of carbonyl (C=O) groups is 1. The van der Waals surface area contributed by atoms with E-state index in [0.29, 0.717) is 12.3 Å². The van der Waals surface area contributed by atoms with E-state index in [0.717, 1.165) is 21.5 Å². The van der Waals surface area contributed by atoms with Gasteiger partial charge in [0.1, 0.15) is 0 Å². The summed E-state index contributed by atoms with van der Waals surface area (Å²) < 4.78 is 3.98. The molecule has 3 aromatic heterocycles. The lowest BCUT2D eigenvalue weighted by Gasteiger charge is -2.09. The molecule has 4 aromatic rings. The molecule has 0 aliphatic rings. The molecule has 138 valence electrons. The Labute approximate surface area is 165 Å². The summed E-state index contributed by atoms with van der Waals surface area (Å²) in [5.74, 6) is 0.274. The van der Waals surface area contributed by atoms with Crippen LogP contribution in [0, 0.1) is 13.8 Å². The SMILES string of the molecule is Cc1cc(C)cc(-n2ccnc2SCC(=O)NCc2cn3ccsc3n2)c1. The second-order valence-corrected chi connectivity index (χ2v) is 8.13. The van der Waals surface area contributed by atoms with Crippen molar-refractivity contribution in [2.45, 2.75) is 25.5 Å². The Balaban J connectivity index is 1.36. The summed E-state index contributed by atoms with van der Waals surface area (Å²) in [6.07, 6.45) is 7.58. The number of nitrogens with zero attached hydrogens (tertiary/aromatic N) is 4. The molecule has 6 nitrogen and oxygen atoms in total. The summed E-state index contributed by atoms with van der Waals surface area (Å²) in [5.41, 5.74) is 4.32. The number of fused-ring (bicyclic) bond motifs is 1. The highest BCUT2D eigenvalue weighted by atomic mass is 32.2. The molecule has 0 radical (unpaired) electrons. The van der Waals surface area contributed by atoms with Gasteiger partial charge in [0.2, 0.25) is 5.91 Å². The van der Waals surface area contributed by atoms with E-state index in [9.17, 15) is 4.79 Å². The highest BCUT2D eigenvalue weighted by Crippen LogP contribution is 2.22. The fourth-order valence-corrected chi connectivity index (χ4v) is 4.44. The molecule has 1 aromatic carbocycles. The molecule has 0 spiro atoms. The number of aryl methyl sites for hydroxylation is 2. The standard InChI is InChI=1S/C19H19N5OS2/c1-13-7-14(2)9-16(8-13)24-4-3-20-18(24)27-12-17(25)21-10-15-11-23-5-6-26-19(23)22-15/h3-9,11H,10,12H2,1-2H3,(H,21,25). The largest absolute Gasteiger partial charge is 0.350 e. The molecule has 8 heteroatoms. The average Bonchev–Trinajstić information content (AvgIpc) is 3.32. The van der Waals surface area contributed by atoms with E-state index in [1.54, 1.807) is 17.5 Å². The Kier molecular flexibility index (Phi) is 5.00. The van der Waals surface area contributed by atoms with Crippen molar-refractivity contribution in [2.24, 2.45) is 0 Å². The van der Waals surface area contributed by atoms with Gasteiger partial charge in [-0.05, 0) is 37.1 Å². The topological polar surface area (TPSA) is 64.2 Å². The van der Waals surface area contributed by atoms with Crippen LogP contribution in [0.2, 0.25) is 0 Å². The first-order valence-corrected chi connectivity index (χ1v) is 10.4. The number of aromatic nitrogens is 4. The third kappa shape index (κ3) is 4.06. The molecule has 3 heterocycles. The van der Waals surface area contributed by atoms with Crippen molar-refractivity contribution < 1.29 is 4.79 Å². The molecule has 0 aliphatic heterocycles. The molecule has 0 fully saturated rings. The normalized spacial score (nSPS) is 11.2. The number of nitrogens with one attached hydrogen (secondary N) is 1. The maximum absolute atomic E-state index is 12.2. The van der Waals surface area contributed by atoms with Gasteiger partial charge in [-0.2, -0.15) is 0 Å². The first-order valence-electron chi connectivity index (χ1n) is 8.51. The van der Waals surface area contributed by atoms with Crippen molar-refractivity contribution >= 4 is 34.0 Å². The molecule has 0 aliphatic carbocycles. The van der Waals surface area contributed by atoms with Gasteiger partial charge in [-0.15, -0.1) is 11.3 Å². The minimum absolute atomic E-state index is 0.0358. The fourth-order valence-electron chi connectivity index (χ4n) is 2.91. The van der Waals surface area contributed by atoms with E-state index in [1.807, 2.05) is 32.9 Å². The van der Waals surface area contributed by atoms with Gasteiger partial charge in [-0.1, -0.05) is 17.8 Å². The lowest BCUT2D eigenvalue weighted by molar-refractivity contribution is -0.118. The third-order valence-electron chi connectivity index (χ3n) is 4.03. The van der Waals surface area contributed by atoms with Crippen LogP contribution in [0.15, 0.2) is 53.5 Å². The van der Waals surface area contributed by atoms with Crippen LogP contribution in [-0.4, -0.2) is 30.6 Å². The predicted octanol–water partition coefficient (Wildman–Crippen LogP) is 3.61. The molecular formula is C19H19N5OS2. The van der Waals surface area contributed by atoms with Gasteiger partial charge in [-0.3, -0.25) is 13.8 Å². The second-order valence-electron chi connectivity index (χ2n) is 6.32. The summed E-state index contributed by atoms with van der Waals surface area (Å²) >= 11 is 3.00. The van der Waals surface area contributed by atoms with E-state index in [4.69, 9.17) is 0 Å². The monoisotopic (exact) mass is 397 g/mol. The van der Waals surface area contributed by atoms with E-state index in [1.165, 1.54) is 22.9 Å². The summed E-state index contributed by atoms with van der Waals surface area (Å²) in [4.78, 5) is 22.0. The van der Waals surface area contributed by atoms with Crippen molar-refractivity contribution in [1.82, 2.24) is 24.3 Å². The van der Waals surface area contributed by atoms with E-state index < -0.39 is 0 Å². The zero-order valence-corrected chi connectivity index (χ0v) is 16.7. The van der Waals surface area contributed by atoms with Crippen molar-refractivity contribution in [2.75, 3.05) is 5.75 Å². The minimum Gasteiger partial charge on any atom is -0.350 e. The Bertz CT molecular complexity index is 1050. The van der Waals surface area contributed by atoms with Crippen LogP contribution in [0.5, 0.6) is 0 Å². The van der Waals surface area contributed by atoms with Crippen LogP contribution >= 0.6 is 23.1 Å². The van der Waals surface area contributed by atoms with Crippen LogP contribution in [-0.2, 0) is 11.3 Å². The molecular weight excluding hydrogens is 378 g/mol. The number of hydrogen-bond acceptors (Lipinski definition) is 5. The molecule has 0 unspecified atom stereocenters. The highest BCUT2D eigenvalue weighted by Gasteiger charge is 2.10. The molecule has 1 amide bonds. The van der Waals surface area contributed by atoms with Crippen LogP contribution < -0.4 is 5.32 Å². The lowest BCUT2D eigenvalue weighted by Crippen LogP contribution is -2.24. The van der Waals surface area contributed by atoms with Crippen molar-refractivity contribution in [3.63, 3.8) is 0 Å². The van der Waals surface area contributed by atoms with Crippen molar-refractivity contribution in [3.8, 4) is 5.69 Å². The molecule has 0 saturated carbocycles. The third-order valence-corrected chi connectivity index (χ3v) is 5.77. The molecule has 0 saturated heterocycles. The zero-order valence-electron chi connectivity index (χ0n) is 15.0. The van der Waals surface area contributed by atoms with Gasteiger partial charge >= 0.3 is 0 Å². The van der Waals surface area contributed by atoms with Crippen LogP contribution in [0.1, 0.15) is 16.8 Å². The Morgan fingerprint density at radius 1 is 1.22 bits per heavy atom. The maximum Gasteiger partial charge on any atom is 0.230 e. The smallest absolute Gasteiger partial charge is 0.230 e. The number of benzene rings is 1. The number of thioether (sulfide) groups is 1. The van der Waals surface area contributed by atoms with Gasteiger partial charge in [0.25, 0.3) is 0 Å². The van der Waals surface area contributed by atoms with Gasteiger partial charge in [0.05, 0.1) is 18.0 Å². The fraction of sp³-hybridized carbons (Fsp3) is 0.211. The van der Waals surface area contributed by atoms with Gasteiger partial charge in [-0.25, -0.2) is 9.97 Å².